The quantitative estimate of drug-likeness (QED) is 0.363. The largest absolute Gasteiger partial charge is 0.496 e. The van der Waals surface area contributed by atoms with Gasteiger partial charge in [0.15, 0.2) is 16.3 Å². The van der Waals surface area contributed by atoms with Gasteiger partial charge in [-0.05, 0) is 59.6 Å². The second kappa shape index (κ2) is 11.4. The fraction of sp³-hybridized carbons (Fsp3) is 0.296. The Morgan fingerprint density at radius 1 is 1.03 bits per heavy atom. The summed E-state index contributed by atoms with van der Waals surface area (Å²) in [4.78, 5) is 32.1. The van der Waals surface area contributed by atoms with Crippen molar-refractivity contribution in [1.82, 2.24) is 4.57 Å². The minimum Gasteiger partial charge on any atom is -0.496 e. The molecule has 0 saturated heterocycles. The van der Waals surface area contributed by atoms with E-state index in [1.807, 2.05) is 6.07 Å². The number of rotatable bonds is 8. The van der Waals surface area contributed by atoms with Crippen LogP contribution in [0.4, 0.5) is 0 Å². The first-order valence-electron chi connectivity index (χ1n) is 11.6. The number of aromatic nitrogens is 1. The van der Waals surface area contributed by atoms with Crippen LogP contribution >= 0.6 is 27.3 Å². The Morgan fingerprint density at radius 2 is 1.71 bits per heavy atom. The molecule has 0 bridgehead atoms. The number of carbonyl (C=O) groups is 1. The number of allylic oxidation sites excluding steroid dienone is 1. The van der Waals surface area contributed by atoms with Crippen molar-refractivity contribution in [2.75, 3.05) is 35.0 Å². The number of esters is 1. The predicted molar refractivity (Wildman–Crippen MR) is 147 cm³/mol. The molecule has 2 heterocycles. The Bertz CT molecular complexity index is 1610. The highest BCUT2D eigenvalue weighted by atomic mass is 79.9. The van der Waals surface area contributed by atoms with E-state index in [9.17, 15) is 9.59 Å². The van der Waals surface area contributed by atoms with Crippen molar-refractivity contribution >= 4 is 39.3 Å². The molecule has 1 aliphatic rings. The van der Waals surface area contributed by atoms with Crippen LogP contribution in [0, 0.1) is 0 Å². The molecule has 38 heavy (non-hydrogen) atoms. The van der Waals surface area contributed by atoms with Crippen LogP contribution in [-0.2, 0) is 9.53 Å². The summed E-state index contributed by atoms with van der Waals surface area (Å²) in [6.07, 6.45) is 1.74. The summed E-state index contributed by atoms with van der Waals surface area (Å²) in [5.74, 6) is 1.60. The molecule has 0 fully saturated rings. The Hall–Kier alpha value is -3.57. The second-order valence-corrected chi connectivity index (χ2v) is 10.0. The summed E-state index contributed by atoms with van der Waals surface area (Å²) < 4.78 is 29.8. The Labute approximate surface area is 231 Å². The van der Waals surface area contributed by atoms with Crippen molar-refractivity contribution in [3.8, 4) is 23.0 Å². The van der Waals surface area contributed by atoms with Crippen molar-refractivity contribution in [2.45, 2.75) is 19.9 Å². The molecule has 3 aromatic rings. The van der Waals surface area contributed by atoms with Gasteiger partial charge in [0, 0.05) is 11.6 Å². The molecule has 0 N–H and O–H groups in total. The fourth-order valence-electron chi connectivity index (χ4n) is 4.27. The van der Waals surface area contributed by atoms with E-state index in [0.29, 0.717) is 53.6 Å². The lowest BCUT2D eigenvalue weighted by Crippen LogP contribution is -2.40. The lowest BCUT2D eigenvalue weighted by molar-refractivity contribution is -0.139. The molecule has 0 radical (unpaired) electrons. The maximum atomic E-state index is 13.9. The van der Waals surface area contributed by atoms with Crippen LogP contribution in [0.2, 0.25) is 0 Å². The van der Waals surface area contributed by atoms with Crippen LogP contribution in [0.15, 0.2) is 55.9 Å². The minimum atomic E-state index is -0.781. The SMILES string of the molecule is CCOC(=O)C1=C(C)N=c2s/c(=C/c3cc(Br)c(OC)cc3OC)c(=O)n2[C@H]1c1ccc(OC)c(OC)c1. The van der Waals surface area contributed by atoms with E-state index in [1.54, 1.807) is 65.5 Å². The summed E-state index contributed by atoms with van der Waals surface area (Å²) in [5.41, 5.74) is 1.77. The molecule has 2 aromatic carbocycles. The highest BCUT2D eigenvalue weighted by Gasteiger charge is 2.34. The van der Waals surface area contributed by atoms with Gasteiger partial charge in [-0.2, -0.15) is 0 Å². The third kappa shape index (κ3) is 4.95. The van der Waals surface area contributed by atoms with Gasteiger partial charge in [0.1, 0.15) is 11.5 Å². The number of carbonyl (C=O) groups excluding carboxylic acids is 1. The molecule has 0 amide bonds. The van der Waals surface area contributed by atoms with Gasteiger partial charge >= 0.3 is 5.97 Å². The van der Waals surface area contributed by atoms with E-state index < -0.39 is 12.0 Å². The first kappa shape index (κ1) is 27.5. The summed E-state index contributed by atoms with van der Waals surface area (Å²) in [5, 5.41) is 0. The van der Waals surface area contributed by atoms with Crippen molar-refractivity contribution < 1.29 is 28.5 Å². The molecule has 11 heteroatoms. The Balaban J connectivity index is 1.98. The van der Waals surface area contributed by atoms with E-state index in [-0.39, 0.29) is 17.7 Å². The highest BCUT2D eigenvalue weighted by Crippen LogP contribution is 2.36. The summed E-state index contributed by atoms with van der Waals surface area (Å²) in [6.45, 7) is 3.65. The van der Waals surface area contributed by atoms with Gasteiger partial charge in [0.25, 0.3) is 5.56 Å². The molecule has 1 aromatic heterocycles. The predicted octanol–water partition coefficient (Wildman–Crippen LogP) is 3.60. The molecule has 200 valence electrons. The number of hydrogen-bond acceptors (Lipinski definition) is 9. The van der Waals surface area contributed by atoms with Crippen molar-refractivity contribution in [3.05, 3.63) is 76.9 Å². The van der Waals surface area contributed by atoms with Crippen LogP contribution in [0.1, 0.15) is 31.0 Å². The van der Waals surface area contributed by atoms with Gasteiger partial charge in [-0.1, -0.05) is 17.4 Å². The zero-order chi connectivity index (χ0) is 27.6. The molecule has 9 nitrogen and oxygen atoms in total. The van der Waals surface area contributed by atoms with E-state index in [4.69, 9.17) is 23.7 Å². The summed E-state index contributed by atoms with van der Waals surface area (Å²) >= 11 is 4.71. The van der Waals surface area contributed by atoms with E-state index >= 15 is 0 Å². The first-order chi connectivity index (χ1) is 18.3. The van der Waals surface area contributed by atoms with E-state index in [1.165, 1.54) is 23.0 Å². The van der Waals surface area contributed by atoms with Crippen LogP contribution in [-0.4, -0.2) is 45.6 Å². The van der Waals surface area contributed by atoms with E-state index in [0.717, 1.165) is 0 Å². The normalized spacial score (nSPS) is 15.0. The maximum absolute atomic E-state index is 13.9. The third-order valence-electron chi connectivity index (χ3n) is 6.03. The maximum Gasteiger partial charge on any atom is 0.338 e. The summed E-state index contributed by atoms with van der Waals surface area (Å²) in [6, 6.07) is 8.06. The molecular weight excluding hydrogens is 576 g/mol. The van der Waals surface area contributed by atoms with Gasteiger partial charge < -0.3 is 23.7 Å². The minimum absolute atomic E-state index is 0.185. The Morgan fingerprint density at radius 3 is 2.34 bits per heavy atom. The van der Waals surface area contributed by atoms with Gasteiger partial charge in [0.05, 0.1) is 61.4 Å². The molecule has 0 aliphatic carbocycles. The Kier molecular flexibility index (Phi) is 8.27. The second-order valence-electron chi connectivity index (χ2n) is 8.15. The zero-order valence-electron chi connectivity index (χ0n) is 21.8. The first-order valence-corrected chi connectivity index (χ1v) is 13.2. The van der Waals surface area contributed by atoms with Crippen LogP contribution in [0.25, 0.3) is 6.08 Å². The average Bonchev–Trinajstić information content (AvgIpc) is 3.21. The molecule has 0 saturated carbocycles. The monoisotopic (exact) mass is 602 g/mol. The molecule has 0 spiro atoms. The number of methoxy groups -OCH3 is 4. The highest BCUT2D eigenvalue weighted by molar-refractivity contribution is 9.10. The van der Waals surface area contributed by atoms with Crippen LogP contribution < -0.4 is 33.8 Å². The lowest BCUT2D eigenvalue weighted by Gasteiger charge is -2.25. The fourth-order valence-corrected chi connectivity index (χ4v) is 5.83. The molecule has 1 aliphatic heterocycles. The number of benzene rings is 2. The van der Waals surface area contributed by atoms with Gasteiger partial charge in [0.2, 0.25) is 0 Å². The number of ether oxygens (including phenoxy) is 5. The number of fused-ring (bicyclic) bond motifs is 1. The van der Waals surface area contributed by atoms with Crippen molar-refractivity contribution in [1.29, 1.82) is 0 Å². The van der Waals surface area contributed by atoms with E-state index in [2.05, 4.69) is 20.9 Å². The number of halogens is 1. The summed E-state index contributed by atoms with van der Waals surface area (Å²) in [7, 11) is 6.18. The molecule has 0 unspecified atom stereocenters. The van der Waals surface area contributed by atoms with Crippen molar-refractivity contribution in [3.63, 3.8) is 0 Å². The number of nitrogens with zero attached hydrogens (tertiary/aromatic N) is 2. The molecule has 4 rings (SSSR count). The van der Waals surface area contributed by atoms with Gasteiger partial charge in [-0.3, -0.25) is 9.36 Å². The average molecular weight is 603 g/mol. The van der Waals surface area contributed by atoms with Crippen LogP contribution in [0.5, 0.6) is 23.0 Å². The smallest absolute Gasteiger partial charge is 0.338 e. The zero-order valence-corrected chi connectivity index (χ0v) is 24.2. The van der Waals surface area contributed by atoms with Crippen molar-refractivity contribution in [2.24, 2.45) is 4.99 Å². The van der Waals surface area contributed by atoms with Crippen LogP contribution in [0.3, 0.4) is 0 Å². The lowest BCUT2D eigenvalue weighted by atomic mass is 9.95. The number of thiazole rings is 1. The van der Waals surface area contributed by atoms with Gasteiger partial charge in [-0.25, -0.2) is 9.79 Å². The topological polar surface area (TPSA) is 97.6 Å². The van der Waals surface area contributed by atoms with Gasteiger partial charge in [-0.15, -0.1) is 0 Å². The standard InChI is InChI=1S/C27H27BrN2O7S/c1-7-37-26(32)23-14(2)29-27-30(24(23)15-8-9-18(33-3)21(11-15)36-6)25(31)22(38-27)12-16-10-17(28)20(35-5)13-19(16)34-4/h8-13,24H,7H2,1-6H3/b22-12+/t24-/m0/s1. The number of hydrogen-bond donors (Lipinski definition) is 0. The molecule has 1 atom stereocenters. The third-order valence-corrected chi connectivity index (χ3v) is 7.63. The molecular formula is C27H27BrN2O7S.